The molecule has 3 N–H and O–H groups in total. The van der Waals surface area contributed by atoms with Crippen molar-refractivity contribution in [1.29, 1.82) is 10.7 Å². The van der Waals surface area contributed by atoms with Gasteiger partial charge in [-0.25, -0.2) is 9.37 Å². The molecule has 2 fully saturated rings. The quantitative estimate of drug-likeness (QED) is 0.422. The highest BCUT2D eigenvalue weighted by Gasteiger charge is 2.54. The Hall–Kier alpha value is -3.99. The molecule has 7 nitrogen and oxygen atoms in total. The highest BCUT2D eigenvalue weighted by molar-refractivity contribution is 6.18. The van der Waals surface area contributed by atoms with Crippen molar-refractivity contribution in [3.8, 4) is 17.2 Å². The van der Waals surface area contributed by atoms with Crippen LogP contribution in [0, 0.1) is 28.0 Å². The van der Waals surface area contributed by atoms with Gasteiger partial charge in [0.1, 0.15) is 17.5 Å². The van der Waals surface area contributed by atoms with Gasteiger partial charge >= 0.3 is 0 Å². The lowest BCUT2D eigenvalue weighted by Gasteiger charge is -2.23. The third kappa shape index (κ3) is 2.96. The van der Waals surface area contributed by atoms with Gasteiger partial charge in [-0.1, -0.05) is 0 Å². The van der Waals surface area contributed by atoms with Gasteiger partial charge in [0, 0.05) is 65.9 Å². The van der Waals surface area contributed by atoms with Gasteiger partial charge in [0.15, 0.2) is 0 Å². The van der Waals surface area contributed by atoms with E-state index in [0.717, 1.165) is 64.7 Å². The SMILES string of the molecule is CCNc1cc(F)cc2c1[nH]c1ncc(-c3cncc(C#N)c3)c(N3CCC4(CC4=N)C3)c12. The van der Waals surface area contributed by atoms with Crippen LogP contribution in [0.4, 0.5) is 15.8 Å². The molecule has 3 aromatic heterocycles. The topological polar surface area (TPSA) is 104 Å². The third-order valence-corrected chi connectivity index (χ3v) is 6.91. The number of benzene rings is 1. The van der Waals surface area contributed by atoms with Gasteiger partial charge in [-0.05, 0) is 38.0 Å². The summed E-state index contributed by atoms with van der Waals surface area (Å²) < 4.78 is 14.7. The summed E-state index contributed by atoms with van der Waals surface area (Å²) in [7, 11) is 0. The number of aromatic nitrogens is 3. The number of anilines is 2. The van der Waals surface area contributed by atoms with Crippen LogP contribution >= 0.6 is 0 Å². The average molecular weight is 439 g/mol. The maximum atomic E-state index is 14.7. The van der Waals surface area contributed by atoms with Crippen LogP contribution in [0.1, 0.15) is 25.3 Å². The molecule has 1 aromatic carbocycles. The molecule has 0 bridgehead atoms. The number of fused-ring (bicyclic) bond motifs is 3. The number of hydrogen-bond donors (Lipinski definition) is 3. The lowest BCUT2D eigenvalue weighted by Crippen LogP contribution is -2.22. The van der Waals surface area contributed by atoms with E-state index in [1.165, 1.54) is 12.3 Å². The van der Waals surface area contributed by atoms with Crippen molar-refractivity contribution >= 4 is 39.0 Å². The fourth-order valence-corrected chi connectivity index (χ4v) is 5.17. The van der Waals surface area contributed by atoms with Crippen LogP contribution in [0.2, 0.25) is 0 Å². The van der Waals surface area contributed by atoms with Gasteiger partial charge in [0.05, 0.1) is 27.8 Å². The van der Waals surface area contributed by atoms with E-state index in [9.17, 15) is 9.65 Å². The first kappa shape index (κ1) is 19.7. The summed E-state index contributed by atoms with van der Waals surface area (Å²) in [5.41, 5.74) is 6.05. The number of H-pyrrole nitrogens is 1. The molecule has 1 unspecified atom stereocenters. The summed E-state index contributed by atoms with van der Waals surface area (Å²) in [4.78, 5) is 14.6. The van der Waals surface area contributed by atoms with Crippen molar-refractivity contribution in [3.05, 3.63) is 48.2 Å². The second kappa shape index (κ2) is 7.01. The Balaban J connectivity index is 1.66. The van der Waals surface area contributed by atoms with Crippen LogP contribution < -0.4 is 10.2 Å². The van der Waals surface area contributed by atoms with Gasteiger partial charge < -0.3 is 20.6 Å². The minimum absolute atomic E-state index is 0.0358. The Bertz CT molecular complexity index is 1500. The Morgan fingerprint density at radius 3 is 2.88 bits per heavy atom. The normalized spacial score (nSPS) is 19.5. The largest absolute Gasteiger partial charge is 0.384 e. The third-order valence-electron chi connectivity index (χ3n) is 6.91. The molecule has 0 radical (unpaired) electrons. The van der Waals surface area contributed by atoms with E-state index in [1.54, 1.807) is 18.5 Å². The molecule has 1 atom stereocenters. The first-order valence-electron chi connectivity index (χ1n) is 11.1. The zero-order chi connectivity index (χ0) is 22.7. The van der Waals surface area contributed by atoms with Gasteiger partial charge in [-0.3, -0.25) is 4.98 Å². The van der Waals surface area contributed by atoms with Gasteiger partial charge in [-0.15, -0.1) is 0 Å². The minimum atomic E-state index is -0.314. The molecule has 1 aliphatic carbocycles. The predicted molar refractivity (Wildman–Crippen MR) is 127 cm³/mol. The smallest absolute Gasteiger partial charge is 0.140 e. The van der Waals surface area contributed by atoms with E-state index in [0.29, 0.717) is 23.4 Å². The molecule has 164 valence electrons. The molecule has 0 amide bonds. The maximum absolute atomic E-state index is 14.7. The molecule has 1 spiro atoms. The molecule has 8 heteroatoms. The zero-order valence-electron chi connectivity index (χ0n) is 18.2. The fourth-order valence-electron chi connectivity index (χ4n) is 5.17. The van der Waals surface area contributed by atoms with E-state index >= 15 is 0 Å². The van der Waals surface area contributed by atoms with E-state index in [4.69, 9.17) is 10.4 Å². The lowest BCUT2D eigenvalue weighted by atomic mass is 10.0. The monoisotopic (exact) mass is 439 g/mol. The number of halogens is 1. The summed E-state index contributed by atoms with van der Waals surface area (Å²) in [6, 6.07) is 7.02. The van der Waals surface area contributed by atoms with Gasteiger partial charge in [-0.2, -0.15) is 5.26 Å². The number of aromatic amines is 1. The van der Waals surface area contributed by atoms with E-state index < -0.39 is 0 Å². The van der Waals surface area contributed by atoms with E-state index in [1.807, 2.05) is 13.0 Å². The molecule has 6 rings (SSSR count). The molecule has 1 aliphatic heterocycles. The maximum Gasteiger partial charge on any atom is 0.140 e. The van der Waals surface area contributed by atoms with Crippen molar-refractivity contribution in [1.82, 2.24) is 15.0 Å². The van der Waals surface area contributed by atoms with Crippen molar-refractivity contribution in [2.75, 3.05) is 29.9 Å². The van der Waals surface area contributed by atoms with Crippen LogP contribution in [-0.2, 0) is 0 Å². The van der Waals surface area contributed by atoms with Crippen LogP contribution in [0.3, 0.4) is 0 Å². The van der Waals surface area contributed by atoms with E-state index in [2.05, 4.69) is 26.3 Å². The Morgan fingerprint density at radius 2 is 2.15 bits per heavy atom. The van der Waals surface area contributed by atoms with Gasteiger partial charge in [0.2, 0.25) is 0 Å². The van der Waals surface area contributed by atoms with Crippen LogP contribution in [0.15, 0.2) is 36.8 Å². The summed E-state index contributed by atoms with van der Waals surface area (Å²) in [5, 5.41) is 22.5. The number of nitrogens with one attached hydrogen (secondary N) is 3. The first-order chi connectivity index (χ1) is 16.0. The summed E-state index contributed by atoms with van der Waals surface area (Å²) in [5.74, 6) is -0.314. The van der Waals surface area contributed by atoms with Crippen molar-refractivity contribution < 1.29 is 4.39 Å². The fraction of sp³-hybridized carbons (Fsp3) is 0.280. The molecule has 1 saturated carbocycles. The van der Waals surface area contributed by atoms with Gasteiger partial charge in [0.25, 0.3) is 0 Å². The molecule has 33 heavy (non-hydrogen) atoms. The van der Waals surface area contributed by atoms with Crippen molar-refractivity contribution in [3.63, 3.8) is 0 Å². The molecular weight excluding hydrogens is 417 g/mol. The summed E-state index contributed by atoms with van der Waals surface area (Å²) >= 11 is 0. The molecule has 1 saturated heterocycles. The second-order valence-electron chi connectivity index (χ2n) is 8.96. The Labute approximate surface area is 189 Å². The number of nitriles is 1. The molecule has 2 aliphatic rings. The standard InChI is InChI=1S/C25H22FN7/c1-2-30-19-7-16(26)6-17-21-23(33-4-3-25(13-33)8-20(25)28)18(12-31-24(21)32-22(17)19)15-5-14(9-27)10-29-11-15/h5-7,10-12,28,30H,2-4,8,13H2,1H3,(H,31,32). The molecular formula is C25H22FN7. The number of nitrogens with zero attached hydrogens (tertiary/aromatic N) is 4. The second-order valence-corrected chi connectivity index (χ2v) is 8.96. The zero-order valence-corrected chi connectivity index (χ0v) is 18.2. The summed E-state index contributed by atoms with van der Waals surface area (Å²) in [6.07, 6.45) is 6.85. The Morgan fingerprint density at radius 1 is 1.30 bits per heavy atom. The highest BCUT2D eigenvalue weighted by atomic mass is 19.1. The number of pyridine rings is 2. The van der Waals surface area contributed by atoms with E-state index in [-0.39, 0.29) is 11.2 Å². The van der Waals surface area contributed by atoms with Crippen LogP contribution in [-0.4, -0.2) is 40.3 Å². The number of hydrogen-bond acceptors (Lipinski definition) is 6. The number of rotatable bonds is 4. The van der Waals surface area contributed by atoms with Crippen LogP contribution in [0.5, 0.6) is 0 Å². The first-order valence-corrected chi connectivity index (χ1v) is 11.1. The predicted octanol–water partition coefficient (Wildman–Crippen LogP) is 4.84. The van der Waals surface area contributed by atoms with Crippen molar-refractivity contribution in [2.24, 2.45) is 5.41 Å². The summed E-state index contributed by atoms with van der Waals surface area (Å²) in [6.45, 7) is 4.21. The highest BCUT2D eigenvalue weighted by Crippen LogP contribution is 2.52. The lowest BCUT2D eigenvalue weighted by molar-refractivity contribution is 0.629. The van der Waals surface area contributed by atoms with Crippen LogP contribution in [0.25, 0.3) is 33.1 Å². The molecule has 4 aromatic rings. The Kier molecular flexibility index (Phi) is 4.18. The average Bonchev–Trinajstić information content (AvgIpc) is 3.13. The molecule has 4 heterocycles. The minimum Gasteiger partial charge on any atom is -0.384 e. The van der Waals surface area contributed by atoms with Crippen molar-refractivity contribution in [2.45, 2.75) is 19.8 Å².